The SMILES string of the molecule is CC(C)CCC(c1ccc(OC#N)cc1)c1ccccc1OC#N. The second kappa shape index (κ2) is 8.60. The maximum Gasteiger partial charge on any atom is 0.292 e. The minimum atomic E-state index is 0.119. The zero-order chi connectivity index (χ0) is 17.4. The predicted octanol–water partition coefficient (Wildman–Crippen LogP) is 4.97. The molecule has 0 amide bonds. The van der Waals surface area contributed by atoms with Gasteiger partial charge in [-0.05, 0) is 36.1 Å². The van der Waals surface area contributed by atoms with Crippen molar-refractivity contribution < 1.29 is 9.47 Å². The van der Waals surface area contributed by atoms with Crippen LogP contribution in [0.2, 0.25) is 0 Å². The van der Waals surface area contributed by atoms with Gasteiger partial charge in [-0.15, -0.1) is 10.5 Å². The van der Waals surface area contributed by atoms with Gasteiger partial charge in [0, 0.05) is 11.5 Å². The molecule has 4 nitrogen and oxygen atoms in total. The van der Waals surface area contributed by atoms with Crippen LogP contribution in [0.1, 0.15) is 43.7 Å². The molecule has 0 spiro atoms. The first-order valence-corrected chi connectivity index (χ1v) is 7.96. The largest absolute Gasteiger partial charge is 0.388 e. The van der Waals surface area contributed by atoms with E-state index in [0.717, 1.165) is 24.0 Å². The smallest absolute Gasteiger partial charge is 0.292 e. The second-order valence-electron chi connectivity index (χ2n) is 6.02. The Labute approximate surface area is 142 Å². The zero-order valence-corrected chi connectivity index (χ0v) is 13.9. The number of nitriles is 2. The molecule has 0 aliphatic carbocycles. The highest BCUT2D eigenvalue weighted by Gasteiger charge is 2.19. The van der Waals surface area contributed by atoms with E-state index in [1.165, 1.54) is 0 Å². The average Bonchev–Trinajstić information content (AvgIpc) is 2.58. The van der Waals surface area contributed by atoms with Gasteiger partial charge in [0.25, 0.3) is 12.5 Å². The average molecular weight is 320 g/mol. The van der Waals surface area contributed by atoms with Crippen molar-refractivity contribution in [3.8, 4) is 24.0 Å². The van der Waals surface area contributed by atoms with E-state index in [1.54, 1.807) is 24.6 Å². The molecule has 4 heteroatoms. The van der Waals surface area contributed by atoms with E-state index in [4.69, 9.17) is 20.0 Å². The molecule has 0 heterocycles. The van der Waals surface area contributed by atoms with Crippen molar-refractivity contribution >= 4 is 0 Å². The number of hydrogen-bond acceptors (Lipinski definition) is 4. The lowest BCUT2D eigenvalue weighted by Crippen LogP contribution is -2.05. The Balaban J connectivity index is 2.38. The summed E-state index contributed by atoms with van der Waals surface area (Å²) in [7, 11) is 0. The first-order chi connectivity index (χ1) is 11.7. The first kappa shape index (κ1) is 17.4. The lowest BCUT2D eigenvalue weighted by molar-refractivity contribution is 0.481. The highest BCUT2D eigenvalue weighted by atomic mass is 16.5. The quantitative estimate of drug-likeness (QED) is 0.675. The molecular weight excluding hydrogens is 300 g/mol. The topological polar surface area (TPSA) is 66.0 Å². The summed E-state index contributed by atoms with van der Waals surface area (Å²) >= 11 is 0. The Bertz CT molecular complexity index is 739. The molecule has 0 N–H and O–H groups in total. The third kappa shape index (κ3) is 4.51. The maximum atomic E-state index is 8.89. The van der Waals surface area contributed by atoms with Crippen LogP contribution in [0.15, 0.2) is 48.5 Å². The standard InChI is InChI=1S/C20H20N2O2/c1-15(2)7-12-18(16-8-10-17(11-9-16)23-13-21)19-5-3-4-6-20(19)24-14-22/h3-6,8-11,15,18H,7,12H2,1-2H3. The van der Waals surface area contributed by atoms with Gasteiger partial charge in [-0.25, -0.2) is 0 Å². The number of rotatable bonds is 7. The molecule has 0 radical (unpaired) electrons. The van der Waals surface area contributed by atoms with Gasteiger partial charge in [0.2, 0.25) is 0 Å². The van der Waals surface area contributed by atoms with Crippen LogP contribution in [-0.2, 0) is 0 Å². The molecule has 0 saturated heterocycles. The Hall–Kier alpha value is -2.98. The van der Waals surface area contributed by atoms with Crippen LogP contribution in [0.25, 0.3) is 0 Å². The molecule has 2 aromatic carbocycles. The summed E-state index contributed by atoms with van der Waals surface area (Å²) in [6, 6.07) is 15.1. The Morgan fingerprint density at radius 3 is 2.17 bits per heavy atom. The molecular formula is C20H20N2O2. The number of para-hydroxylation sites is 1. The van der Waals surface area contributed by atoms with Gasteiger partial charge in [-0.1, -0.05) is 50.6 Å². The van der Waals surface area contributed by atoms with Crippen molar-refractivity contribution in [2.45, 2.75) is 32.6 Å². The van der Waals surface area contributed by atoms with E-state index >= 15 is 0 Å². The van der Waals surface area contributed by atoms with Gasteiger partial charge in [0.05, 0.1) is 0 Å². The number of hydrogen-bond donors (Lipinski definition) is 0. The lowest BCUT2D eigenvalue weighted by atomic mass is 9.85. The normalized spacial score (nSPS) is 11.4. The van der Waals surface area contributed by atoms with Crippen LogP contribution in [0.3, 0.4) is 0 Å². The van der Waals surface area contributed by atoms with Crippen LogP contribution in [0.5, 0.6) is 11.5 Å². The van der Waals surface area contributed by atoms with E-state index in [0.29, 0.717) is 17.4 Å². The van der Waals surface area contributed by atoms with Gasteiger partial charge in [-0.3, -0.25) is 0 Å². The minimum absolute atomic E-state index is 0.119. The van der Waals surface area contributed by atoms with Gasteiger partial charge < -0.3 is 9.47 Å². The summed E-state index contributed by atoms with van der Waals surface area (Å²) in [6.07, 6.45) is 5.44. The molecule has 2 aromatic rings. The van der Waals surface area contributed by atoms with Crippen LogP contribution in [0.4, 0.5) is 0 Å². The molecule has 2 rings (SSSR count). The first-order valence-electron chi connectivity index (χ1n) is 7.96. The summed E-state index contributed by atoms with van der Waals surface area (Å²) in [4.78, 5) is 0. The van der Waals surface area contributed by atoms with E-state index in [9.17, 15) is 0 Å². The summed E-state index contributed by atoms with van der Waals surface area (Å²) in [5, 5.41) is 17.5. The second-order valence-corrected chi connectivity index (χ2v) is 6.02. The van der Waals surface area contributed by atoms with Crippen molar-refractivity contribution in [3.05, 3.63) is 59.7 Å². The van der Waals surface area contributed by atoms with Crippen molar-refractivity contribution in [3.63, 3.8) is 0 Å². The minimum Gasteiger partial charge on any atom is -0.388 e. The molecule has 0 saturated carbocycles. The highest BCUT2D eigenvalue weighted by Crippen LogP contribution is 2.36. The van der Waals surface area contributed by atoms with Gasteiger partial charge >= 0.3 is 0 Å². The molecule has 0 aliphatic heterocycles. The van der Waals surface area contributed by atoms with E-state index < -0.39 is 0 Å². The van der Waals surface area contributed by atoms with Crippen LogP contribution < -0.4 is 9.47 Å². The molecule has 1 unspecified atom stereocenters. The molecule has 122 valence electrons. The predicted molar refractivity (Wildman–Crippen MR) is 91.3 cm³/mol. The van der Waals surface area contributed by atoms with Gasteiger partial charge in [0.1, 0.15) is 11.5 Å². The summed E-state index contributed by atoms with van der Waals surface area (Å²) in [5.41, 5.74) is 2.10. The van der Waals surface area contributed by atoms with Gasteiger partial charge in [0.15, 0.2) is 0 Å². The summed E-state index contributed by atoms with van der Waals surface area (Å²) in [5.74, 6) is 1.81. The lowest BCUT2D eigenvalue weighted by Gasteiger charge is -2.21. The van der Waals surface area contributed by atoms with Crippen LogP contribution >= 0.6 is 0 Å². The van der Waals surface area contributed by atoms with E-state index in [1.807, 2.05) is 36.4 Å². The molecule has 0 aliphatic rings. The van der Waals surface area contributed by atoms with Crippen molar-refractivity contribution in [2.75, 3.05) is 0 Å². The number of ether oxygens (including phenoxy) is 2. The maximum absolute atomic E-state index is 8.89. The fraction of sp³-hybridized carbons (Fsp3) is 0.300. The van der Waals surface area contributed by atoms with Crippen molar-refractivity contribution in [2.24, 2.45) is 5.92 Å². The van der Waals surface area contributed by atoms with E-state index in [2.05, 4.69) is 13.8 Å². The summed E-state index contributed by atoms with van der Waals surface area (Å²) < 4.78 is 9.99. The van der Waals surface area contributed by atoms with E-state index in [-0.39, 0.29) is 5.92 Å². The van der Waals surface area contributed by atoms with Gasteiger partial charge in [-0.2, -0.15) is 0 Å². The Morgan fingerprint density at radius 1 is 0.875 bits per heavy atom. The van der Waals surface area contributed by atoms with Crippen LogP contribution in [-0.4, -0.2) is 0 Å². The van der Waals surface area contributed by atoms with Crippen molar-refractivity contribution in [1.82, 2.24) is 0 Å². The third-order valence-electron chi connectivity index (χ3n) is 3.93. The Morgan fingerprint density at radius 2 is 1.54 bits per heavy atom. The number of benzene rings is 2. The van der Waals surface area contributed by atoms with Crippen molar-refractivity contribution in [1.29, 1.82) is 10.5 Å². The third-order valence-corrected chi connectivity index (χ3v) is 3.93. The molecule has 0 bridgehead atoms. The molecule has 0 fully saturated rings. The fourth-order valence-electron chi connectivity index (χ4n) is 2.73. The highest BCUT2D eigenvalue weighted by molar-refractivity contribution is 5.43. The monoisotopic (exact) mass is 320 g/mol. The Kier molecular flexibility index (Phi) is 6.23. The summed E-state index contributed by atoms with van der Waals surface area (Å²) in [6.45, 7) is 4.39. The zero-order valence-electron chi connectivity index (χ0n) is 13.9. The molecule has 0 aromatic heterocycles. The molecule has 1 atom stereocenters. The number of nitrogens with zero attached hydrogens (tertiary/aromatic N) is 2. The molecule has 24 heavy (non-hydrogen) atoms. The fourth-order valence-corrected chi connectivity index (χ4v) is 2.73. The van der Waals surface area contributed by atoms with Crippen LogP contribution in [0, 0.1) is 29.0 Å².